The van der Waals surface area contributed by atoms with Gasteiger partial charge in [0.15, 0.2) is 0 Å². The Morgan fingerprint density at radius 3 is 1.88 bits per heavy atom. The van der Waals surface area contributed by atoms with Crippen LogP contribution < -0.4 is 13.6 Å². The molecule has 7 aromatic rings. The van der Waals surface area contributed by atoms with Gasteiger partial charge in [-0.05, 0) is 0 Å². The first-order chi connectivity index (χ1) is 28.2. The van der Waals surface area contributed by atoms with E-state index < -0.39 is 21.5 Å². The van der Waals surface area contributed by atoms with E-state index in [0.717, 1.165) is 19.3 Å². The molecule has 297 valence electrons. The van der Waals surface area contributed by atoms with Crippen LogP contribution in [0, 0.1) is 0 Å². The molecule has 4 heteroatoms. The molecule has 0 spiro atoms. The van der Waals surface area contributed by atoms with Crippen LogP contribution in [0.2, 0.25) is 0 Å². The zero-order chi connectivity index (χ0) is 41.3. The van der Waals surface area contributed by atoms with Crippen molar-refractivity contribution < 1.29 is 15.6 Å². The van der Waals surface area contributed by atoms with E-state index in [1.165, 1.54) is 85.6 Å². The van der Waals surface area contributed by atoms with Gasteiger partial charge >= 0.3 is 364 Å². The van der Waals surface area contributed by atoms with Crippen LogP contribution in [0.1, 0.15) is 98.3 Å². The van der Waals surface area contributed by atoms with Gasteiger partial charge in [0.25, 0.3) is 0 Å². The molecule has 0 aliphatic heterocycles. The summed E-state index contributed by atoms with van der Waals surface area (Å²) in [6.45, 7) is 16.4. The first-order valence-corrected chi connectivity index (χ1v) is 36.5. The fourth-order valence-corrected chi connectivity index (χ4v) is 58.8. The average Bonchev–Trinajstić information content (AvgIpc) is 3.79. The van der Waals surface area contributed by atoms with E-state index in [-0.39, 0.29) is 14.5 Å². The Balaban J connectivity index is 1.42. The van der Waals surface area contributed by atoms with Crippen molar-refractivity contribution in [3.8, 4) is 22.3 Å². The summed E-state index contributed by atoms with van der Waals surface area (Å²) in [5.74, 6) is -2.50. The van der Waals surface area contributed by atoms with Crippen molar-refractivity contribution in [1.82, 2.24) is 0 Å². The Morgan fingerprint density at radius 2 is 1.22 bits per heavy atom. The Morgan fingerprint density at radius 1 is 0.610 bits per heavy atom. The van der Waals surface area contributed by atoms with E-state index in [0.29, 0.717) is 0 Å². The Bertz CT molecular complexity index is 2730. The van der Waals surface area contributed by atoms with Crippen molar-refractivity contribution in [1.29, 1.82) is 0 Å². The molecule has 0 fully saturated rings. The van der Waals surface area contributed by atoms with Crippen LogP contribution in [0.25, 0.3) is 39.1 Å². The van der Waals surface area contributed by atoms with Crippen molar-refractivity contribution in [2.45, 2.75) is 82.2 Å². The third-order valence-corrected chi connectivity index (χ3v) is 53.5. The predicted octanol–water partition coefficient (Wildman–Crippen LogP) is 13.8. The van der Waals surface area contributed by atoms with E-state index >= 15 is 0 Å². The Labute approximate surface area is 361 Å². The molecule has 0 saturated heterocycles. The Hall–Kier alpha value is -3.78. The molecule has 7 aromatic carbocycles. The summed E-state index contributed by atoms with van der Waals surface area (Å²) in [6.07, 6.45) is 5.33. The maximum absolute atomic E-state index is 9.55. The second kappa shape index (κ2) is 15.0. The fraction of sp³-hybridized carbons (Fsp3) is 0.236. The van der Waals surface area contributed by atoms with Gasteiger partial charge in [0.1, 0.15) is 0 Å². The quantitative estimate of drug-likeness (QED) is 0.133. The van der Waals surface area contributed by atoms with Gasteiger partial charge in [-0.2, -0.15) is 0 Å². The zero-order valence-corrected chi connectivity index (χ0v) is 40.7. The molecule has 0 heterocycles. The van der Waals surface area contributed by atoms with Crippen molar-refractivity contribution in [3.05, 3.63) is 191 Å². The van der Waals surface area contributed by atoms with E-state index in [2.05, 4.69) is 206 Å². The molecule has 59 heavy (non-hydrogen) atoms. The van der Waals surface area contributed by atoms with E-state index in [9.17, 15) is 17.0 Å². The number of benzene rings is 7. The topological polar surface area (TPSA) is 0 Å². The number of hydrogen-bond donors (Lipinski definition) is 0. The van der Waals surface area contributed by atoms with E-state index in [1.54, 1.807) is 0 Å². The monoisotopic (exact) mass is 903 g/mol. The third kappa shape index (κ3) is 6.73. The normalized spacial score (nSPS) is 15.7. The second-order valence-electron chi connectivity index (χ2n) is 19.2. The molecule has 9 rings (SSSR count). The molecule has 0 aromatic heterocycles. The fourth-order valence-electron chi connectivity index (χ4n) is 10.8. The SMILES string of the molecule is CCCC1=Cc2c(-c3cccc4ccccc34)cccc2[CH]1[Zr]([Cl])([Cl])([c]1c(C(C)(C)C)ccc2c1Cc1cc(C(C)(C)C)ccc1-2)[SiH](c1ccccc1)c1ccccc1. The van der Waals surface area contributed by atoms with Crippen LogP contribution in [0.5, 0.6) is 0 Å². The minimum absolute atomic E-state index is 0.0418. The second-order valence-corrected chi connectivity index (χ2v) is 56.2. The summed E-state index contributed by atoms with van der Waals surface area (Å²) in [5.41, 5.74) is 14.4. The molecule has 2 aliphatic rings. The summed E-state index contributed by atoms with van der Waals surface area (Å²) >= 11 is -5.73. The van der Waals surface area contributed by atoms with Gasteiger partial charge in [-0.15, -0.1) is 0 Å². The average molecular weight is 906 g/mol. The van der Waals surface area contributed by atoms with Gasteiger partial charge in [0.05, 0.1) is 0 Å². The summed E-state index contributed by atoms with van der Waals surface area (Å²) in [7, 11) is 19.1. The third-order valence-electron chi connectivity index (χ3n) is 13.3. The molecule has 0 amide bonds. The summed E-state index contributed by atoms with van der Waals surface area (Å²) in [5, 5.41) is 5.17. The molecular weight excluding hydrogens is 851 g/mol. The van der Waals surface area contributed by atoms with E-state index in [4.69, 9.17) is 0 Å². The zero-order valence-electron chi connectivity index (χ0n) is 35.5. The van der Waals surface area contributed by atoms with Gasteiger partial charge < -0.3 is 0 Å². The minimum atomic E-state index is -5.73. The Kier molecular flexibility index (Phi) is 10.3. The van der Waals surface area contributed by atoms with Crippen molar-refractivity contribution in [3.63, 3.8) is 0 Å². The van der Waals surface area contributed by atoms with Crippen molar-refractivity contribution >= 4 is 53.4 Å². The van der Waals surface area contributed by atoms with Gasteiger partial charge in [0, 0.05) is 0 Å². The molecule has 2 aliphatic carbocycles. The van der Waals surface area contributed by atoms with Gasteiger partial charge in [0.2, 0.25) is 0 Å². The molecule has 0 radical (unpaired) electrons. The number of hydrogen-bond acceptors (Lipinski definition) is 0. The van der Waals surface area contributed by atoms with Crippen LogP contribution in [0.15, 0.2) is 157 Å². The first-order valence-electron chi connectivity index (χ1n) is 21.5. The standard InChI is InChI=1S/C22H19.C21H25.C12H11Si.2ClH.Zr/c1-2-7-16-14-18-10-6-13-21(22(18)15-16)20-12-5-9-17-8-3-4-11-19(17)20;1-20(2,3)16-7-9-18-14(12-16)11-15-13-17(21(4,5)6)8-10-19(15)18;1-3-7-11(8-4-1)13-12-9-5-2-6-10-12;;;/h3-6,8-15H,2,7H2,1H3;7-10,12H,11H2,1-6H3;1-10,13H;2*1H;/q;;;;;+2/p-2. The van der Waals surface area contributed by atoms with E-state index in [1.807, 2.05) is 0 Å². The molecule has 1 unspecified atom stereocenters. The van der Waals surface area contributed by atoms with Gasteiger partial charge in [-0.25, -0.2) is 0 Å². The predicted molar refractivity (Wildman–Crippen MR) is 258 cm³/mol. The van der Waals surface area contributed by atoms with Crippen LogP contribution in [-0.2, 0) is 32.8 Å². The summed E-state index contributed by atoms with van der Waals surface area (Å²) in [6, 6.07) is 57.0. The molecule has 1 atom stereocenters. The summed E-state index contributed by atoms with van der Waals surface area (Å²) < 4.78 is 1.22. The van der Waals surface area contributed by atoms with Crippen molar-refractivity contribution in [2.24, 2.45) is 0 Å². The number of halogens is 2. The summed E-state index contributed by atoms with van der Waals surface area (Å²) in [4.78, 5) is 0. The molecule has 0 nitrogen and oxygen atoms in total. The van der Waals surface area contributed by atoms with Crippen LogP contribution in [0.3, 0.4) is 0 Å². The first kappa shape index (κ1) is 40.6. The van der Waals surface area contributed by atoms with Gasteiger partial charge in [-0.1, -0.05) is 0 Å². The number of rotatable bonds is 8. The molecule has 0 saturated carbocycles. The van der Waals surface area contributed by atoms with Crippen LogP contribution in [-0.4, -0.2) is 5.92 Å². The number of fused-ring (bicyclic) bond motifs is 5. The van der Waals surface area contributed by atoms with Crippen LogP contribution in [0.4, 0.5) is 0 Å². The van der Waals surface area contributed by atoms with Gasteiger partial charge in [-0.3, -0.25) is 0 Å². The maximum atomic E-state index is 9.55. The van der Waals surface area contributed by atoms with Crippen molar-refractivity contribution in [2.75, 3.05) is 0 Å². The molecule has 0 N–H and O–H groups in total. The molecule has 0 bridgehead atoms. The molecular formula is C55H55Cl2SiZr. The van der Waals surface area contributed by atoms with Crippen LogP contribution >= 0.6 is 17.0 Å². The number of allylic oxidation sites excluding steroid dienone is 1.